The quantitative estimate of drug-likeness (QED) is 0.215. The molecular weight excluding hydrogens is 444 g/mol. The van der Waals surface area contributed by atoms with Crippen LogP contribution in [0.15, 0.2) is 0 Å². The number of rotatable bonds is 9. The summed E-state index contributed by atoms with van der Waals surface area (Å²) in [5.41, 5.74) is -12.1. The average molecular weight is 471 g/mol. The van der Waals surface area contributed by atoms with E-state index in [0.29, 0.717) is 0 Å². The van der Waals surface area contributed by atoms with Crippen LogP contribution in [0.2, 0.25) is 0 Å². The number of nitrogens with zero attached hydrogens (tertiary/aromatic N) is 1. The Hall–Kier alpha value is -0.210. The summed E-state index contributed by atoms with van der Waals surface area (Å²) in [4.78, 5) is 0. The first kappa shape index (κ1) is 29.0. The third-order valence-electron chi connectivity index (χ3n) is 3.19. The van der Waals surface area contributed by atoms with Crippen molar-refractivity contribution in [3.8, 4) is 0 Å². The molecule has 0 rings (SSSR count). The van der Waals surface area contributed by atoms with Gasteiger partial charge in [-0.15, -0.1) is 0 Å². The van der Waals surface area contributed by atoms with Gasteiger partial charge in [-0.25, -0.2) is 16.8 Å². The van der Waals surface area contributed by atoms with E-state index in [1.165, 1.54) is 49.7 Å². The van der Waals surface area contributed by atoms with Gasteiger partial charge in [-0.3, -0.25) is 0 Å². The predicted molar refractivity (Wildman–Crippen MR) is 93.8 cm³/mol. The molecule has 0 aliphatic carbocycles. The second-order valence-electron chi connectivity index (χ2n) is 6.31. The Kier molecular flexibility index (Phi) is 11.9. The van der Waals surface area contributed by atoms with E-state index >= 15 is 0 Å². The second-order valence-corrected chi connectivity index (χ2v) is 13.5. The topological polar surface area (TPSA) is 68.3 Å². The van der Waals surface area contributed by atoms with Gasteiger partial charge in [0.25, 0.3) is 0 Å². The lowest BCUT2D eigenvalue weighted by Crippen LogP contribution is -2.40. The van der Waals surface area contributed by atoms with Crippen molar-refractivity contribution in [1.29, 1.82) is 0 Å². The summed E-state index contributed by atoms with van der Waals surface area (Å²) in [5.74, 6) is 0. The van der Waals surface area contributed by atoms with Crippen molar-refractivity contribution in [1.82, 2.24) is 0 Å². The summed E-state index contributed by atoms with van der Waals surface area (Å²) in [6.45, 7) is 7.22. The summed E-state index contributed by atoms with van der Waals surface area (Å²) in [6, 6.07) is 0. The highest BCUT2D eigenvalue weighted by atomic mass is 33.5. The molecule has 0 saturated carbocycles. The predicted octanol–water partition coefficient (Wildman–Crippen LogP) is 4.47. The van der Waals surface area contributed by atoms with Gasteiger partial charge in [0.2, 0.25) is 0 Å². The van der Waals surface area contributed by atoms with Crippen LogP contribution in [-0.4, -0.2) is 59.5 Å². The van der Waals surface area contributed by atoms with Crippen LogP contribution in [-0.2, 0) is 17.7 Å². The van der Waals surface area contributed by atoms with Crippen LogP contribution in [0.4, 0.5) is 26.3 Å². The molecule has 0 aromatic heterocycles. The van der Waals surface area contributed by atoms with Crippen molar-refractivity contribution in [2.24, 2.45) is 0 Å². The first-order valence-corrected chi connectivity index (χ1v) is 12.8. The van der Waals surface area contributed by atoms with Gasteiger partial charge in [0.15, 0.2) is 0 Å². The molecule has 0 aliphatic rings. The van der Waals surface area contributed by atoms with Gasteiger partial charge in [0, 0.05) is 0 Å². The molecule has 27 heavy (non-hydrogen) atoms. The minimum absolute atomic E-state index is 1.21. The van der Waals surface area contributed by atoms with Crippen molar-refractivity contribution < 1.29 is 47.7 Å². The van der Waals surface area contributed by atoms with E-state index in [1.54, 1.807) is 0 Å². The van der Waals surface area contributed by atoms with Crippen LogP contribution in [0.25, 0.3) is 0 Å². The normalized spacial score (nSPS) is 13.9. The van der Waals surface area contributed by atoms with Crippen LogP contribution >= 0.6 is 9.83 Å². The van der Waals surface area contributed by atoms with Crippen molar-refractivity contribution in [2.75, 3.05) is 27.2 Å². The Morgan fingerprint density at radius 1 is 0.704 bits per heavy atom. The lowest BCUT2D eigenvalue weighted by Gasteiger charge is -2.29. The molecule has 0 amide bonds. The Balaban J connectivity index is 0. The highest BCUT2D eigenvalue weighted by molar-refractivity contribution is 9.04. The Bertz CT molecular complexity index is 585. The van der Waals surface area contributed by atoms with Gasteiger partial charge in [-0.2, -0.15) is 26.3 Å². The molecule has 0 spiro atoms. The van der Waals surface area contributed by atoms with Crippen molar-refractivity contribution in [3.63, 3.8) is 0 Å². The summed E-state index contributed by atoms with van der Waals surface area (Å²) < 4.78 is 111. The fourth-order valence-electron chi connectivity index (χ4n) is 1.88. The first-order valence-electron chi connectivity index (χ1n) is 7.98. The number of hydrogen-bond donors (Lipinski definition) is 0. The number of hydrogen-bond acceptors (Lipinski definition) is 5. The second kappa shape index (κ2) is 11.1. The van der Waals surface area contributed by atoms with E-state index < -0.39 is 38.6 Å². The zero-order valence-corrected chi connectivity index (χ0v) is 18.0. The fourth-order valence-corrected chi connectivity index (χ4v) is 6.95. The lowest BCUT2D eigenvalue weighted by atomic mass is 10.2. The van der Waals surface area contributed by atoms with Crippen LogP contribution in [0, 0.1) is 0 Å². The zero-order valence-electron chi connectivity index (χ0n) is 15.5. The lowest BCUT2D eigenvalue weighted by molar-refractivity contribution is -0.890. The molecule has 0 heterocycles. The van der Waals surface area contributed by atoms with E-state index in [-0.39, 0.29) is 0 Å². The highest BCUT2D eigenvalue weighted by Crippen LogP contribution is 2.42. The number of halogens is 6. The highest BCUT2D eigenvalue weighted by Gasteiger charge is 2.56. The molecule has 0 atom stereocenters. The van der Waals surface area contributed by atoms with Gasteiger partial charge in [-0.05, 0) is 19.3 Å². The Morgan fingerprint density at radius 2 is 1.11 bits per heavy atom. The average Bonchev–Trinajstić information content (AvgIpc) is 2.40. The number of alkyl halides is 6. The van der Waals surface area contributed by atoms with Gasteiger partial charge in [0.05, 0.1) is 27.2 Å². The van der Waals surface area contributed by atoms with E-state index in [2.05, 4.69) is 27.9 Å². The van der Waals surface area contributed by atoms with Crippen molar-refractivity contribution in [2.45, 2.75) is 57.0 Å². The zero-order chi connectivity index (χ0) is 22.2. The molecule has 14 heteroatoms. The van der Waals surface area contributed by atoms with Crippen LogP contribution in [0.3, 0.4) is 0 Å². The Morgan fingerprint density at radius 3 is 1.41 bits per heavy atom. The van der Waals surface area contributed by atoms with Crippen LogP contribution in [0.5, 0.6) is 0 Å². The molecule has 0 unspecified atom stereocenters. The standard InChI is InChI=1S/C11H26N.C2F6O4S3/c1-5-7-8-9-11-12(3,4)10-6-2;3-1(4,5)14(9,10)13-15(11,12)2(6,7)8/h5-11H2,1-4H3;/q+1;. The molecule has 0 saturated heterocycles. The smallest absolute Gasteiger partial charge is 0.328 e. The minimum Gasteiger partial charge on any atom is -0.328 e. The third kappa shape index (κ3) is 12.1. The number of quaternary nitrogens is 1. The molecule has 166 valence electrons. The Labute approximate surface area is 159 Å². The van der Waals surface area contributed by atoms with E-state index in [4.69, 9.17) is 0 Å². The van der Waals surface area contributed by atoms with E-state index in [0.717, 1.165) is 0 Å². The van der Waals surface area contributed by atoms with Crippen LogP contribution < -0.4 is 0 Å². The van der Waals surface area contributed by atoms with E-state index in [1.807, 2.05) is 0 Å². The van der Waals surface area contributed by atoms with Crippen LogP contribution in [0.1, 0.15) is 46.0 Å². The van der Waals surface area contributed by atoms with Gasteiger partial charge in [-0.1, -0.05) is 26.7 Å². The minimum atomic E-state index is -6.43. The molecule has 5 nitrogen and oxygen atoms in total. The maximum atomic E-state index is 11.5. The molecule has 0 aliphatic heterocycles. The monoisotopic (exact) mass is 470 g/mol. The maximum absolute atomic E-state index is 11.5. The largest absolute Gasteiger partial charge is 0.508 e. The molecule has 0 bridgehead atoms. The van der Waals surface area contributed by atoms with Crippen molar-refractivity contribution >= 4 is 27.6 Å². The van der Waals surface area contributed by atoms with Gasteiger partial charge in [0.1, 0.15) is 9.83 Å². The molecule has 0 aromatic rings. The van der Waals surface area contributed by atoms with E-state index in [9.17, 15) is 43.2 Å². The molecule has 0 fully saturated rings. The summed E-state index contributed by atoms with van der Waals surface area (Å²) in [6.07, 6.45) is 6.89. The first-order chi connectivity index (χ1) is 11.8. The maximum Gasteiger partial charge on any atom is 0.508 e. The molecular formula is C13H26F6NO4S3+. The summed E-state index contributed by atoms with van der Waals surface area (Å²) in [7, 11) is -10.4. The third-order valence-corrected chi connectivity index (χ3v) is 10.1. The van der Waals surface area contributed by atoms with Crippen molar-refractivity contribution in [3.05, 3.63) is 0 Å². The fraction of sp³-hybridized carbons (Fsp3) is 1.00. The number of unbranched alkanes of at least 4 members (excludes halogenated alkanes) is 3. The van der Waals surface area contributed by atoms with Gasteiger partial charge >= 0.3 is 28.8 Å². The summed E-state index contributed by atoms with van der Waals surface area (Å²) >= 11 is 0. The molecule has 0 radical (unpaired) electrons. The summed E-state index contributed by atoms with van der Waals surface area (Å²) in [5, 5.41) is 0. The SMILES string of the molecule is CCCCCC[N+](C)(C)CCC.O=S(=O)(SS(=O)(=O)C(F)(F)F)C(F)(F)F. The molecule has 0 aromatic carbocycles. The van der Waals surface area contributed by atoms with Gasteiger partial charge < -0.3 is 4.48 Å². The molecule has 0 N–H and O–H groups in total.